The third-order valence-corrected chi connectivity index (χ3v) is 2.34. The number of halogens is 1. The van der Waals surface area contributed by atoms with Gasteiger partial charge in [0, 0.05) is 5.56 Å². The van der Waals surface area contributed by atoms with Crippen molar-refractivity contribution in [3.63, 3.8) is 0 Å². The molecule has 1 amide bonds. The maximum atomic E-state index is 12.9. The minimum absolute atomic E-state index is 0.237. The van der Waals surface area contributed by atoms with E-state index in [2.05, 4.69) is 10.3 Å². The zero-order chi connectivity index (χ0) is 12.3. The molecule has 2 rings (SSSR count). The molecule has 17 heavy (non-hydrogen) atoms. The number of carbonyl (C=O) groups excluding carboxylic acids is 1. The van der Waals surface area contributed by atoms with Crippen LogP contribution in [0.1, 0.15) is 21.8 Å². The first-order valence-corrected chi connectivity index (χ1v) is 5.09. The van der Waals surface area contributed by atoms with Crippen molar-refractivity contribution < 1.29 is 13.6 Å². The zero-order valence-corrected chi connectivity index (χ0v) is 9.24. The fourth-order valence-corrected chi connectivity index (χ4v) is 1.39. The summed E-state index contributed by atoms with van der Waals surface area (Å²) in [6, 6.07) is 5.51. The van der Waals surface area contributed by atoms with Crippen LogP contribution >= 0.6 is 0 Å². The predicted molar refractivity (Wildman–Crippen MR) is 58.8 cm³/mol. The molecule has 0 atom stereocenters. The first kappa shape index (κ1) is 11.3. The number of carbonyl (C=O) groups is 1. The summed E-state index contributed by atoms with van der Waals surface area (Å²) in [6.07, 6.45) is 1.32. The van der Waals surface area contributed by atoms with Gasteiger partial charge in [-0.2, -0.15) is 0 Å². The van der Waals surface area contributed by atoms with Crippen LogP contribution in [0.4, 0.5) is 4.39 Å². The molecule has 0 aliphatic heterocycles. The van der Waals surface area contributed by atoms with Gasteiger partial charge in [-0.15, -0.1) is 0 Å². The quantitative estimate of drug-likeness (QED) is 0.884. The zero-order valence-electron chi connectivity index (χ0n) is 9.24. The Morgan fingerprint density at radius 1 is 1.53 bits per heavy atom. The van der Waals surface area contributed by atoms with Crippen LogP contribution in [0.5, 0.6) is 0 Å². The molecule has 0 aliphatic carbocycles. The molecule has 0 spiro atoms. The summed E-state index contributed by atoms with van der Waals surface area (Å²) in [5.74, 6) is -0.191. The average Bonchev–Trinajstić information content (AvgIpc) is 2.72. The van der Waals surface area contributed by atoms with E-state index in [4.69, 9.17) is 4.42 Å². The molecule has 88 valence electrons. The number of nitrogens with zero attached hydrogens (tertiary/aromatic N) is 1. The van der Waals surface area contributed by atoms with Gasteiger partial charge in [0.2, 0.25) is 0 Å². The van der Waals surface area contributed by atoms with Gasteiger partial charge in [0.25, 0.3) is 5.91 Å². The minimum atomic E-state index is -0.437. The number of aromatic nitrogens is 1. The Morgan fingerprint density at radius 3 is 3.00 bits per heavy atom. The molecule has 0 saturated heterocycles. The summed E-state index contributed by atoms with van der Waals surface area (Å²) >= 11 is 0. The van der Waals surface area contributed by atoms with Gasteiger partial charge < -0.3 is 9.73 Å². The lowest BCUT2D eigenvalue weighted by Gasteiger charge is -2.03. The molecule has 0 fully saturated rings. The van der Waals surface area contributed by atoms with Gasteiger partial charge in [-0.1, -0.05) is 6.07 Å². The summed E-state index contributed by atoms with van der Waals surface area (Å²) < 4.78 is 18.0. The van der Waals surface area contributed by atoms with Crippen LogP contribution < -0.4 is 5.32 Å². The highest BCUT2D eigenvalue weighted by molar-refractivity contribution is 5.94. The SMILES string of the molecule is Cc1ncoc1CNC(=O)c1cccc(F)c1. The van der Waals surface area contributed by atoms with Crippen molar-refractivity contribution in [3.8, 4) is 0 Å². The molecule has 0 bridgehead atoms. The molecule has 1 aromatic carbocycles. The summed E-state index contributed by atoms with van der Waals surface area (Å²) in [7, 11) is 0. The van der Waals surface area contributed by atoms with Crippen molar-refractivity contribution in [1.29, 1.82) is 0 Å². The van der Waals surface area contributed by atoms with Crippen molar-refractivity contribution >= 4 is 5.91 Å². The summed E-state index contributed by atoms with van der Waals surface area (Å²) in [6.45, 7) is 2.02. The Morgan fingerprint density at radius 2 is 2.35 bits per heavy atom. The highest BCUT2D eigenvalue weighted by atomic mass is 19.1. The molecule has 4 nitrogen and oxygen atoms in total. The second-order valence-electron chi connectivity index (χ2n) is 3.55. The summed E-state index contributed by atoms with van der Waals surface area (Å²) in [5.41, 5.74) is 1.01. The number of nitrogens with one attached hydrogen (secondary N) is 1. The monoisotopic (exact) mass is 234 g/mol. The molecule has 0 aliphatic rings. The van der Waals surface area contributed by atoms with Crippen LogP contribution in [-0.2, 0) is 6.54 Å². The van der Waals surface area contributed by atoms with E-state index in [1.807, 2.05) is 0 Å². The molecular formula is C12H11FN2O2. The Hall–Kier alpha value is -2.17. The van der Waals surface area contributed by atoms with Gasteiger partial charge in [0.15, 0.2) is 6.39 Å². The van der Waals surface area contributed by atoms with E-state index in [0.717, 1.165) is 5.69 Å². The number of hydrogen-bond acceptors (Lipinski definition) is 3. The molecular weight excluding hydrogens is 223 g/mol. The van der Waals surface area contributed by atoms with E-state index in [0.29, 0.717) is 5.76 Å². The normalized spacial score (nSPS) is 10.2. The number of hydrogen-bond donors (Lipinski definition) is 1. The van der Waals surface area contributed by atoms with Crippen molar-refractivity contribution in [2.24, 2.45) is 0 Å². The summed E-state index contributed by atoms with van der Waals surface area (Å²) in [4.78, 5) is 15.6. The summed E-state index contributed by atoms with van der Waals surface area (Å²) in [5, 5.41) is 2.63. The van der Waals surface area contributed by atoms with Gasteiger partial charge in [0.1, 0.15) is 11.6 Å². The van der Waals surface area contributed by atoms with Crippen molar-refractivity contribution in [2.45, 2.75) is 13.5 Å². The first-order valence-electron chi connectivity index (χ1n) is 5.09. The molecule has 0 radical (unpaired) electrons. The van der Waals surface area contributed by atoms with E-state index >= 15 is 0 Å². The van der Waals surface area contributed by atoms with Crippen LogP contribution in [0.25, 0.3) is 0 Å². The van der Waals surface area contributed by atoms with Crippen LogP contribution in [0, 0.1) is 12.7 Å². The Bertz CT molecular complexity index is 537. The highest BCUT2D eigenvalue weighted by Crippen LogP contribution is 2.06. The van der Waals surface area contributed by atoms with Gasteiger partial charge in [-0.3, -0.25) is 4.79 Å². The lowest BCUT2D eigenvalue weighted by atomic mass is 10.2. The number of benzene rings is 1. The largest absolute Gasteiger partial charge is 0.446 e. The molecule has 0 unspecified atom stereocenters. The predicted octanol–water partition coefficient (Wildman–Crippen LogP) is 2.05. The van der Waals surface area contributed by atoms with Gasteiger partial charge in [-0.25, -0.2) is 9.37 Å². The molecule has 1 N–H and O–H groups in total. The average molecular weight is 234 g/mol. The molecule has 1 aromatic heterocycles. The Balaban J connectivity index is 2.01. The fourth-order valence-electron chi connectivity index (χ4n) is 1.39. The highest BCUT2D eigenvalue weighted by Gasteiger charge is 2.08. The van der Waals surface area contributed by atoms with Crippen molar-refractivity contribution in [1.82, 2.24) is 10.3 Å². The lowest BCUT2D eigenvalue weighted by molar-refractivity contribution is 0.0947. The van der Waals surface area contributed by atoms with E-state index in [9.17, 15) is 9.18 Å². The van der Waals surface area contributed by atoms with Gasteiger partial charge >= 0.3 is 0 Å². The molecule has 1 heterocycles. The topological polar surface area (TPSA) is 55.1 Å². The second kappa shape index (κ2) is 4.78. The Labute approximate surface area is 97.5 Å². The second-order valence-corrected chi connectivity index (χ2v) is 3.55. The van der Waals surface area contributed by atoms with Crippen LogP contribution in [-0.4, -0.2) is 10.9 Å². The van der Waals surface area contributed by atoms with Crippen molar-refractivity contribution in [3.05, 3.63) is 53.5 Å². The number of amides is 1. The number of oxazole rings is 1. The fraction of sp³-hybridized carbons (Fsp3) is 0.167. The number of rotatable bonds is 3. The van der Waals surface area contributed by atoms with Crippen LogP contribution in [0.2, 0.25) is 0 Å². The minimum Gasteiger partial charge on any atom is -0.446 e. The standard InChI is InChI=1S/C12H11FN2O2/c1-8-11(17-7-15-8)6-14-12(16)9-3-2-4-10(13)5-9/h2-5,7H,6H2,1H3,(H,14,16). The van der Waals surface area contributed by atoms with Crippen LogP contribution in [0.3, 0.4) is 0 Å². The van der Waals surface area contributed by atoms with Crippen molar-refractivity contribution in [2.75, 3.05) is 0 Å². The maximum Gasteiger partial charge on any atom is 0.251 e. The third-order valence-electron chi connectivity index (χ3n) is 2.34. The smallest absolute Gasteiger partial charge is 0.251 e. The van der Waals surface area contributed by atoms with E-state index in [1.165, 1.54) is 24.6 Å². The first-order chi connectivity index (χ1) is 8.16. The number of aryl methyl sites for hydroxylation is 1. The van der Waals surface area contributed by atoms with E-state index < -0.39 is 5.82 Å². The van der Waals surface area contributed by atoms with Gasteiger partial charge in [-0.05, 0) is 25.1 Å². The molecule has 5 heteroatoms. The lowest BCUT2D eigenvalue weighted by Crippen LogP contribution is -2.22. The third kappa shape index (κ3) is 2.69. The Kier molecular flexibility index (Phi) is 3.18. The van der Waals surface area contributed by atoms with E-state index in [-0.39, 0.29) is 18.0 Å². The van der Waals surface area contributed by atoms with Crippen LogP contribution in [0.15, 0.2) is 35.1 Å². The molecule has 2 aromatic rings. The maximum absolute atomic E-state index is 12.9. The van der Waals surface area contributed by atoms with E-state index in [1.54, 1.807) is 13.0 Å². The van der Waals surface area contributed by atoms with Gasteiger partial charge in [0.05, 0.1) is 12.2 Å². The molecule has 0 saturated carbocycles.